The van der Waals surface area contributed by atoms with Crippen LogP contribution >= 0.6 is 11.8 Å². The summed E-state index contributed by atoms with van der Waals surface area (Å²) in [4.78, 5) is 14.9. The van der Waals surface area contributed by atoms with Gasteiger partial charge < -0.3 is 14.6 Å². The van der Waals surface area contributed by atoms with Crippen molar-refractivity contribution in [3.63, 3.8) is 0 Å². The Balaban J connectivity index is 1.30. The van der Waals surface area contributed by atoms with Crippen molar-refractivity contribution in [2.75, 3.05) is 31.9 Å². The highest BCUT2D eigenvalue weighted by atomic mass is 32.2. The molecule has 170 valence electrons. The highest BCUT2D eigenvalue weighted by Crippen LogP contribution is 2.25. The molecule has 1 aliphatic heterocycles. The van der Waals surface area contributed by atoms with E-state index < -0.39 is 0 Å². The largest absolute Gasteiger partial charge is 0.461 e. The molecule has 0 aliphatic carbocycles. The Morgan fingerprint density at radius 2 is 2.09 bits per heavy atom. The number of benzene rings is 1. The molecule has 8 heteroatoms. The number of piperidine rings is 1. The normalized spacial score (nSPS) is 16.8. The molecule has 1 saturated heterocycles. The second-order valence-corrected chi connectivity index (χ2v) is 9.34. The van der Waals surface area contributed by atoms with Gasteiger partial charge in [0.1, 0.15) is 0 Å². The molecule has 7 nitrogen and oxygen atoms in total. The quantitative estimate of drug-likeness (QED) is 0.370. The first-order valence-electron chi connectivity index (χ1n) is 11.3. The molecule has 32 heavy (non-hydrogen) atoms. The van der Waals surface area contributed by atoms with E-state index in [2.05, 4.69) is 39.5 Å². The van der Waals surface area contributed by atoms with Crippen molar-refractivity contribution in [1.82, 2.24) is 25.0 Å². The van der Waals surface area contributed by atoms with Crippen LogP contribution < -0.4 is 5.32 Å². The fourth-order valence-corrected chi connectivity index (χ4v) is 4.86. The van der Waals surface area contributed by atoms with Gasteiger partial charge in [0.2, 0.25) is 11.7 Å². The third-order valence-corrected chi connectivity index (χ3v) is 6.66. The predicted octanol–water partition coefficient (Wildman–Crippen LogP) is 3.92. The van der Waals surface area contributed by atoms with Crippen LogP contribution in [0.15, 0.2) is 58.3 Å². The van der Waals surface area contributed by atoms with E-state index in [0.29, 0.717) is 35.6 Å². The standard InChI is InChI=1S/C24H31N5O2S/c1-19-8-5-13-28(16-19)14-7-12-25-22(30)18-32-24-27-26-23(21-11-6-15-31-21)29(24)17-20-9-3-2-4-10-20/h2-4,6,9-11,15,19H,5,7-8,12-14,16-18H2,1H3,(H,25,30). The van der Waals surface area contributed by atoms with Gasteiger partial charge in [-0.05, 0) is 56.0 Å². The zero-order valence-electron chi connectivity index (χ0n) is 18.6. The van der Waals surface area contributed by atoms with Crippen molar-refractivity contribution in [2.45, 2.75) is 37.9 Å². The number of nitrogens with zero attached hydrogens (tertiary/aromatic N) is 4. The van der Waals surface area contributed by atoms with Crippen molar-refractivity contribution in [3.05, 3.63) is 54.3 Å². The molecule has 3 aromatic rings. The molecule has 3 heterocycles. The fourth-order valence-electron chi connectivity index (χ4n) is 4.09. The first-order valence-corrected chi connectivity index (χ1v) is 12.3. The van der Waals surface area contributed by atoms with Crippen LogP contribution in [0.1, 0.15) is 31.7 Å². The van der Waals surface area contributed by atoms with Gasteiger partial charge in [-0.1, -0.05) is 49.0 Å². The lowest BCUT2D eigenvalue weighted by Crippen LogP contribution is -2.36. The molecule has 1 fully saturated rings. The maximum absolute atomic E-state index is 12.4. The molecule has 1 atom stereocenters. The van der Waals surface area contributed by atoms with Crippen molar-refractivity contribution in [1.29, 1.82) is 0 Å². The van der Waals surface area contributed by atoms with Gasteiger partial charge in [-0.3, -0.25) is 9.36 Å². The van der Waals surface area contributed by atoms with Gasteiger partial charge >= 0.3 is 0 Å². The lowest BCUT2D eigenvalue weighted by atomic mass is 10.0. The van der Waals surface area contributed by atoms with E-state index in [1.165, 1.54) is 37.7 Å². The Labute approximate surface area is 193 Å². The molecule has 1 unspecified atom stereocenters. The zero-order chi connectivity index (χ0) is 22.2. The molecule has 1 N–H and O–H groups in total. The smallest absolute Gasteiger partial charge is 0.230 e. The molecular weight excluding hydrogens is 422 g/mol. The van der Waals surface area contributed by atoms with Crippen LogP contribution in [0.25, 0.3) is 11.6 Å². The highest BCUT2D eigenvalue weighted by Gasteiger charge is 2.18. The average Bonchev–Trinajstić information content (AvgIpc) is 3.46. The molecule has 1 aliphatic rings. The monoisotopic (exact) mass is 453 g/mol. The lowest BCUT2D eigenvalue weighted by molar-refractivity contribution is -0.118. The molecule has 2 aromatic heterocycles. The Bertz CT molecular complexity index is 974. The Kier molecular flexibility index (Phi) is 8.01. The summed E-state index contributed by atoms with van der Waals surface area (Å²) in [7, 11) is 0. The minimum absolute atomic E-state index is 0.0239. The summed E-state index contributed by atoms with van der Waals surface area (Å²) >= 11 is 1.40. The topological polar surface area (TPSA) is 76.2 Å². The van der Waals surface area contributed by atoms with E-state index in [1.54, 1.807) is 6.26 Å². The molecule has 0 radical (unpaired) electrons. The first kappa shape index (κ1) is 22.6. The molecule has 0 spiro atoms. The van der Waals surface area contributed by atoms with E-state index in [4.69, 9.17) is 4.42 Å². The van der Waals surface area contributed by atoms with Crippen LogP contribution in [0.2, 0.25) is 0 Å². The number of amides is 1. The molecule has 1 aromatic carbocycles. The average molecular weight is 454 g/mol. The van der Waals surface area contributed by atoms with Crippen molar-refractivity contribution >= 4 is 17.7 Å². The summed E-state index contributed by atoms with van der Waals surface area (Å²) in [6.07, 6.45) is 5.23. The van der Waals surface area contributed by atoms with Crippen LogP contribution in [0.5, 0.6) is 0 Å². The van der Waals surface area contributed by atoms with Gasteiger partial charge in [0.15, 0.2) is 10.9 Å². The number of hydrogen-bond donors (Lipinski definition) is 1. The van der Waals surface area contributed by atoms with Crippen molar-refractivity contribution in [3.8, 4) is 11.6 Å². The maximum atomic E-state index is 12.4. The van der Waals surface area contributed by atoms with Gasteiger partial charge in [0, 0.05) is 13.1 Å². The van der Waals surface area contributed by atoms with E-state index in [1.807, 2.05) is 34.9 Å². The van der Waals surface area contributed by atoms with Gasteiger partial charge in [-0.25, -0.2) is 0 Å². The second kappa shape index (κ2) is 11.3. The van der Waals surface area contributed by atoms with Gasteiger partial charge in [-0.2, -0.15) is 0 Å². The van der Waals surface area contributed by atoms with Crippen LogP contribution in [0, 0.1) is 5.92 Å². The number of rotatable bonds is 10. The second-order valence-electron chi connectivity index (χ2n) is 8.40. The van der Waals surface area contributed by atoms with Crippen LogP contribution in [0.4, 0.5) is 0 Å². The first-order chi connectivity index (χ1) is 15.7. The number of carbonyl (C=O) groups is 1. The minimum atomic E-state index is 0.0239. The number of nitrogens with one attached hydrogen (secondary N) is 1. The number of hydrogen-bond acceptors (Lipinski definition) is 6. The summed E-state index contributed by atoms with van der Waals surface area (Å²) in [5.41, 5.74) is 1.14. The lowest BCUT2D eigenvalue weighted by Gasteiger charge is -2.30. The molecular formula is C24H31N5O2S. The summed E-state index contributed by atoms with van der Waals surface area (Å²) in [5, 5.41) is 12.4. The summed E-state index contributed by atoms with van der Waals surface area (Å²) < 4.78 is 7.55. The maximum Gasteiger partial charge on any atom is 0.230 e. The summed E-state index contributed by atoms with van der Waals surface area (Å²) in [6, 6.07) is 13.9. The predicted molar refractivity (Wildman–Crippen MR) is 126 cm³/mol. The van der Waals surface area contributed by atoms with Gasteiger partial charge in [0.05, 0.1) is 18.6 Å². The molecule has 0 bridgehead atoms. The number of thioether (sulfide) groups is 1. The van der Waals surface area contributed by atoms with E-state index >= 15 is 0 Å². The Morgan fingerprint density at radius 3 is 2.88 bits per heavy atom. The summed E-state index contributed by atoms with van der Waals surface area (Å²) in [6.45, 7) is 7.05. The fraction of sp³-hybridized carbons (Fsp3) is 0.458. The summed E-state index contributed by atoms with van der Waals surface area (Å²) in [5.74, 6) is 2.45. The number of carbonyl (C=O) groups excluding carboxylic acids is 1. The van der Waals surface area contributed by atoms with E-state index in [9.17, 15) is 4.79 Å². The zero-order valence-corrected chi connectivity index (χ0v) is 19.4. The van der Waals surface area contributed by atoms with E-state index in [-0.39, 0.29) is 5.91 Å². The Hall–Kier alpha value is -2.58. The van der Waals surface area contributed by atoms with E-state index in [0.717, 1.165) is 24.4 Å². The van der Waals surface area contributed by atoms with Crippen LogP contribution in [0.3, 0.4) is 0 Å². The Morgan fingerprint density at radius 1 is 1.22 bits per heavy atom. The van der Waals surface area contributed by atoms with Crippen molar-refractivity contribution in [2.24, 2.45) is 5.92 Å². The SMILES string of the molecule is CC1CCCN(CCCNC(=O)CSc2nnc(-c3ccco3)n2Cc2ccccc2)C1. The molecule has 0 saturated carbocycles. The third kappa shape index (κ3) is 6.23. The third-order valence-electron chi connectivity index (χ3n) is 5.69. The minimum Gasteiger partial charge on any atom is -0.461 e. The van der Waals surface area contributed by atoms with Crippen molar-refractivity contribution < 1.29 is 9.21 Å². The number of aromatic nitrogens is 3. The van der Waals surface area contributed by atoms with Gasteiger partial charge in [-0.15, -0.1) is 10.2 Å². The number of furan rings is 1. The van der Waals surface area contributed by atoms with Gasteiger partial charge in [0.25, 0.3) is 0 Å². The van der Waals surface area contributed by atoms with Crippen LogP contribution in [-0.2, 0) is 11.3 Å². The molecule has 4 rings (SSSR count). The van der Waals surface area contributed by atoms with Crippen LogP contribution in [-0.4, -0.2) is 57.5 Å². The number of likely N-dealkylation sites (tertiary alicyclic amines) is 1. The highest BCUT2D eigenvalue weighted by molar-refractivity contribution is 7.99. The molecule has 1 amide bonds.